The molecule has 0 aromatic carbocycles. The lowest BCUT2D eigenvalue weighted by atomic mass is 10.0. The van der Waals surface area contributed by atoms with Gasteiger partial charge in [0.15, 0.2) is 0 Å². The maximum absolute atomic E-state index is 12.3. The summed E-state index contributed by atoms with van der Waals surface area (Å²) in [6.07, 6.45) is 24.8. The monoisotopic (exact) mass is 517 g/mol. The predicted molar refractivity (Wildman–Crippen MR) is 147 cm³/mol. The molecule has 0 saturated carbocycles. The van der Waals surface area contributed by atoms with Gasteiger partial charge in [-0.3, -0.25) is 9.35 Å². The largest absolute Gasteiger partial charge is 0.387 e. The molecule has 1 amide bonds. The first-order chi connectivity index (χ1) is 16.8. The van der Waals surface area contributed by atoms with Crippen LogP contribution in [0, 0.1) is 0 Å². The highest BCUT2D eigenvalue weighted by Gasteiger charge is 2.24. The summed E-state index contributed by atoms with van der Waals surface area (Å²) in [6, 6.07) is -1.05. The van der Waals surface area contributed by atoms with Gasteiger partial charge in [-0.2, -0.15) is 8.42 Å². The van der Waals surface area contributed by atoms with Gasteiger partial charge in [-0.05, 0) is 19.3 Å². The molecule has 208 valence electrons. The minimum Gasteiger partial charge on any atom is -0.387 e. The Balaban J connectivity index is 4.13. The van der Waals surface area contributed by atoms with E-state index in [2.05, 4.69) is 19.2 Å². The van der Waals surface area contributed by atoms with Crippen molar-refractivity contribution in [3.63, 3.8) is 0 Å². The van der Waals surface area contributed by atoms with Crippen molar-refractivity contribution in [3.05, 3.63) is 12.2 Å². The Morgan fingerprint density at radius 3 is 1.63 bits per heavy atom. The molecule has 0 rings (SSSR count). The van der Waals surface area contributed by atoms with E-state index in [1.807, 2.05) is 6.08 Å². The zero-order valence-electron chi connectivity index (χ0n) is 22.7. The summed E-state index contributed by atoms with van der Waals surface area (Å²) >= 11 is 0. The number of hydrogen-bond acceptors (Lipinski definition) is 4. The average Bonchev–Trinajstić information content (AvgIpc) is 2.80. The standard InChI is InChI=1S/C28H55NO5S/c1-3-5-7-9-11-13-14-16-18-20-22-24-28(31)29-26(25-35(32,33)34)27(30)23-21-19-17-15-12-10-8-6-4-2/h21,23,26-27,30H,3-20,22,24-25H2,1-2H3,(H,29,31)(H,32,33,34)/b23-21+. The molecular formula is C28H55NO5S. The van der Waals surface area contributed by atoms with Crippen molar-refractivity contribution in [2.24, 2.45) is 0 Å². The van der Waals surface area contributed by atoms with Crippen molar-refractivity contribution in [2.45, 2.75) is 154 Å². The van der Waals surface area contributed by atoms with E-state index >= 15 is 0 Å². The number of unbranched alkanes of at least 4 members (excludes halogenated alkanes) is 17. The van der Waals surface area contributed by atoms with Gasteiger partial charge in [-0.1, -0.05) is 129 Å². The van der Waals surface area contributed by atoms with Crippen LogP contribution < -0.4 is 5.32 Å². The number of amides is 1. The molecule has 0 aliphatic rings. The van der Waals surface area contributed by atoms with E-state index in [4.69, 9.17) is 0 Å². The zero-order chi connectivity index (χ0) is 26.2. The third kappa shape index (κ3) is 24.5. The molecule has 0 spiro atoms. The van der Waals surface area contributed by atoms with Crippen molar-refractivity contribution in [1.29, 1.82) is 0 Å². The van der Waals surface area contributed by atoms with Crippen molar-refractivity contribution < 1.29 is 22.9 Å². The number of rotatable bonds is 25. The highest BCUT2D eigenvalue weighted by atomic mass is 32.2. The maximum Gasteiger partial charge on any atom is 0.267 e. The third-order valence-corrected chi connectivity index (χ3v) is 7.24. The molecule has 0 aromatic heterocycles. The molecule has 0 aromatic rings. The molecule has 0 saturated heterocycles. The molecule has 0 aliphatic heterocycles. The molecule has 0 aliphatic carbocycles. The van der Waals surface area contributed by atoms with E-state index in [-0.39, 0.29) is 5.91 Å². The van der Waals surface area contributed by atoms with Gasteiger partial charge in [-0.15, -0.1) is 0 Å². The molecule has 0 heterocycles. The van der Waals surface area contributed by atoms with Crippen LogP contribution in [0.4, 0.5) is 0 Å². The van der Waals surface area contributed by atoms with Crippen LogP contribution >= 0.6 is 0 Å². The first kappa shape index (κ1) is 34.1. The molecule has 0 radical (unpaired) electrons. The van der Waals surface area contributed by atoms with Gasteiger partial charge in [0.2, 0.25) is 5.91 Å². The van der Waals surface area contributed by atoms with Crippen LogP contribution in [0.1, 0.15) is 142 Å². The second kappa shape index (κ2) is 23.5. The fourth-order valence-corrected chi connectivity index (χ4v) is 5.00. The number of nitrogens with one attached hydrogen (secondary N) is 1. The van der Waals surface area contributed by atoms with Crippen LogP contribution in [0.25, 0.3) is 0 Å². The molecule has 7 heteroatoms. The van der Waals surface area contributed by atoms with Gasteiger partial charge in [0.1, 0.15) is 0 Å². The number of allylic oxidation sites excluding steroid dienone is 1. The summed E-state index contributed by atoms with van der Waals surface area (Å²) in [5.74, 6) is -0.978. The van der Waals surface area contributed by atoms with E-state index in [1.165, 1.54) is 89.5 Å². The Morgan fingerprint density at radius 2 is 1.17 bits per heavy atom. The fourth-order valence-electron chi connectivity index (χ4n) is 4.27. The summed E-state index contributed by atoms with van der Waals surface area (Å²) in [6.45, 7) is 4.43. The van der Waals surface area contributed by atoms with Crippen molar-refractivity contribution in [1.82, 2.24) is 5.32 Å². The molecular weight excluding hydrogens is 462 g/mol. The molecule has 0 bridgehead atoms. The first-order valence-corrected chi connectivity index (χ1v) is 16.0. The fraction of sp³-hybridized carbons (Fsp3) is 0.893. The van der Waals surface area contributed by atoms with E-state index in [0.717, 1.165) is 38.5 Å². The van der Waals surface area contributed by atoms with Gasteiger partial charge in [0.05, 0.1) is 17.9 Å². The maximum atomic E-state index is 12.3. The Hall–Kier alpha value is -0.920. The second-order valence-electron chi connectivity index (χ2n) is 10.0. The van der Waals surface area contributed by atoms with Crippen LogP contribution in [0.15, 0.2) is 12.2 Å². The lowest BCUT2D eigenvalue weighted by Gasteiger charge is -2.21. The predicted octanol–water partition coefficient (Wildman–Crippen LogP) is 7.12. The van der Waals surface area contributed by atoms with Gasteiger partial charge >= 0.3 is 0 Å². The van der Waals surface area contributed by atoms with Gasteiger partial charge in [-0.25, -0.2) is 0 Å². The number of carbonyl (C=O) groups excluding carboxylic acids is 1. The number of aliphatic hydroxyl groups is 1. The van der Waals surface area contributed by atoms with Crippen molar-refractivity contribution in [2.75, 3.05) is 5.75 Å². The number of carbonyl (C=O) groups is 1. The molecule has 3 N–H and O–H groups in total. The van der Waals surface area contributed by atoms with Crippen molar-refractivity contribution >= 4 is 16.0 Å². The van der Waals surface area contributed by atoms with Crippen molar-refractivity contribution in [3.8, 4) is 0 Å². The van der Waals surface area contributed by atoms with E-state index in [1.54, 1.807) is 0 Å². The minimum atomic E-state index is -4.32. The lowest BCUT2D eigenvalue weighted by Crippen LogP contribution is -2.46. The smallest absolute Gasteiger partial charge is 0.267 e. The zero-order valence-corrected chi connectivity index (χ0v) is 23.5. The molecule has 35 heavy (non-hydrogen) atoms. The van der Waals surface area contributed by atoms with Crippen LogP contribution in [-0.4, -0.2) is 41.9 Å². The van der Waals surface area contributed by atoms with Crippen LogP contribution in [-0.2, 0) is 14.9 Å². The van der Waals surface area contributed by atoms with Crippen LogP contribution in [0.3, 0.4) is 0 Å². The van der Waals surface area contributed by atoms with E-state index in [0.29, 0.717) is 6.42 Å². The van der Waals surface area contributed by atoms with E-state index in [9.17, 15) is 22.9 Å². The van der Waals surface area contributed by atoms with E-state index < -0.39 is 28.0 Å². The minimum absolute atomic E-state index is 0.283. The highest BCUT2D eigenvalue weighted by molar-refractivity contribution is 7.85. The molecule has 0 fully saturated rings. The third-order valence-electron chi connectivity index (χ3n) is 6.46. The second-order valence-corrected chi connectivity index (χ2v) is 11.5. The molecule has 2 unspecified atom stereocenters. The lowest BCUT2D eigenvalue weighted by molar-refractivity contribution is -0.122. The summed E-state index contributed by atoms with van der Waals surface area (Å²) in [7, 11) is -4.32. The normalized spacial score (nSPS) is 13.8. The average molecular weight is 518 g/mol. The number of hydrogen-bond donors (Lipinski definition) is 3. The Bertz CT molecular complexity index is 621. The summed E-state index contributed by atoms with van der Waals surface area (Å²) in [4.78, 5) is 12.3. The molecule has 2 atom stereocenters. The summed E-state index contributed by atoms with van der Waals surface area (Å²) < 4.78 is 32.0. The van der Waals surface area contributed by atoms with Gasteiger partial charge in [0, 0.05) is 6.42 Å². The number of aliphatic hydroxyl groups excluding tert-OH is 1. The quantitative estimate of drug-likeness (QED) is 0.0679. The van der Waals surface area contributed by atoms with Gasteiger partial charge < -0.3 is 10.4 Å². The Kier molecular flexibility index (Phi) is 22.9. The summed E-state index contributed by atoms with van der Waals surface area (Å²) in [5.41, 5.74) is 0. The SMILES string of the molecule is CCCCCCCCC/C=C/C(O)C(CS(=O)(=O)O)NC(=O)CCCCCCCCCCCCC. The van der Waals surface area contributed by atoms with Crippen LogP contribution in [0.2, 0.25) is 0 Å². The topological polar surface area (TPSA) is 104 Å². The highest BCUT2D eigenvalue weighted by Crippen LogP contribution is 2.13. The summed E-state index contributed by atoms with van der Waals surface area (Å²) in [5, 5.41) is 13.0. The van der Waals surface area contributed by atoms with Crippen LogP contribution in [0.5, 0.6) is 0 Å². The Labute approximate surface area is 216 Å². The first-order valence-electron chi connectivity index (χ1n) is 14.4. The Morgan fingerprint density at radius 1 is 0.743 bits per heavy atom. The molecule has 6 nitrogen and oxygen atoms in total. The van der Waals surface area contributed by atoms with Gasteiger partial charge in [0.25, 0.3) is 10.1 Å².